The molecule has 3 aromatic rings. The summed E-state index contributed by atoms with van der Waals surface area (Å²) in [7, 11) is 1.48. The lowest BCUT2D eigenvalue weighted by Crippen LogP contribution is -2.24. The number of ether oxygens (including phenoxy) is 2. The average molecular weight is 594 g/mol. The molecule has 0 aliphatic heterocycles. The molecule has 9 heteroatoms. The lowest BCUT2D eigenvalue weighted by molar-refractivity contribution is -0.0980. The van der Waals surface area contributed by atoms with Gasteiger partial charge in [-0.1, -0.05) is 86.8 Å². The average Bonchev–Trinajstić information content (AvgIpc) is 3.38. The molecule has 0 fully saturated rings. The van der Waals surface area contributed by atoms with Gasteiger partial charge in [-0.15, -0.1) is 0 Å². The van der Waals surface area contributed by atoms with E-state index >= 15 is 0 Å². The van der Waals surface area contributed by atoms with Crippen LogP contribution in [0.2, 0.25) is 0 Å². The number of nitrogens with two attached hydrogens (primary N) is 1. The molecule has 0 aliphatic rings. The van der Waals surface area contributed by atoms with Crippen molar-refractivity contribution in [2.24, 2.45) is 10.7 Å². The number of aliphatic imine (C=N–C) groups is 1. The van der Waals surface area contributed by atoms with E-state index in [-0.39, 0.29) is 11.7 Å². The Morgan fingerprint density at radius 3 is 2.00 bits per heavy atom. The molecule has 43 heavy (non-hydrogen) atoms. The number of amides is 1. The third kappa shape index (κ3) is 16.6. The normalized spacial score (nSPS) is 10.1. The monoisotopic (exact) mass is 593 g/mol. The maximum atomic E-state index is 11.8. The number of carbonyl (C=O) groups is 2. The van der Waals surface area contributed by atoms with Crippen LogP contribution in [0.4, 0.5) is 4.79 Å². The van der Waals surface area contributed by atoms with Crippen molar-refractivity contribution in [1.82, 2.24) is 14.9 Å². The minimum atomic E-state index is -0.408. The molecule has 0 bridgehead atoms. The summed E-state index contributed by atoms with van der Waals surface area (Å²) in [6.45, 7) is 19.7. The van der Waals surface area contributed by atoms with Crippen molar-refractivity contribution >= 4 is 18.7 Å². The number of aromatic nitrogens is 2. The van der Waals surface area contributed by atoms with E-state index in [1.54, 1.807) is 6.33 Å². The molecule has 0 saturated carbocycles. The first-order chi connectivity index (χ1) is 20.6. The minimum Gasteiger partial charge on any atom is -0.481 e. The fourth-order valence-corrected chi connectivity index (χ4v) is 3.46. The van der Waals surface area contributed by atoms with Gasteiger partial charge in [-0.05, 0) is 57.7 Å². The first-order valence-corrected chi connectivity index (χ1v) is 14.5. The summed E-state index contributed by atoms with van der Waals surface area (Å²) in [4.78, 5) is 28.1. The van der Waals surface area contributed by atoms with Gasteiger partial charge in [-0.2, -0.15) is 4.99 Å². The molecule has 0 unspecified atom stereocenters. The van der Waals surface area contributed by atoms with Crippen LogP contribution in [0.3, 0.4) is 0 Å². The summed E-state index contributed by atoms with van der Waals surface area (Å²) < 4.78 is 12.1. The second kappa shape index (κ2) is 23.2. The van der Waals surface area contributed by atoms with E-state index in [2.05, 4.69) is 73.8 Å². The molecule has 0 saturated heterocycles. The van der Waals surface area contributed by atoms with Gasteiger partial charge in [0.05, 0.1) is 20.0 Å². The van der Waals surface area contributed by atoms with Crippen molar-refractivity contribution in [3.63, 3.8) is 0 Å². The second-order valence-electron chi connectivity index (χ2n) is 9.70. The molecule has 1 amide bonds. The summed E-state index contributed by atoms with van der Waals surface area (Å²) in [5.41, 5.74) is 12.4. The number of carbonyl (C=O) groups excluding carboxylic acids is 2. The van der Waals surface area contributed by atoms with Crippen LogP contribution < -0.4 is 11.1 Å². The van der Waals surface area contributed by atoms with Gasteiger partial charge < -0.3 is 29.9 Å². The fraction of sp³-hybridized carbons (Fsp3) is 0.412. The SMILES string of the molecule is C=C(/N=C(/N)c1ncn(CCCCOC(=O)NCc2ccc(C)cc2)c1C)OC.C=O.CCC.CCc1ccc(C)cc1. The highest BCUT2D eigenvalue weighted by Crippen LogP contribution is 2.09. The predicted octanol–water partition coefficient (Wildman–Crippen LogP) is 6.82. The maximum Gasteiger partial charge on any atom is 0.407 e. The zero-order valence-corrected chi connectivity index (χ0v) is 27.1. The number of methoxy groups -OCH3 is 1. The Morgan fingerprint density at radius 1 is 0.953 bits per heavy atom. The third-order valence-corrected chi connectivity index (χ3v) is 5.94. The van der Waals surface area contributed by atoms with E-state index in [9.17, 15) is 4.79 Å². The Balaban J connectivity index is 0.00000104. The highest BCUT2D eigenvalue weighted by atomic mass is 16.5. The molecular weight excluding hydrogens is 542 g/mol. The van der Waals surface area contributed by atoms with Gasteiger partial charge in [0.2, 0.25) is 5.88 Å². The summed E-state index contributed by atoms with van der Waals surface area (Å²) in [5, 5.41) is 2.75. The summed E-state index contributed by atoms with van der Waals surface area (Å²) >= 11 is 0. The van der Waals surface area contributed by atoms with Crippen LogP contribution in [-0.2, 0) is 33.8 Å². The van der Waals surface area contributed by atoms with Gasteiger partial charge in [-0.3, -0.25) is 0 Å². The fourth-order valence-electron chi connectivity index (χ4n) is 3.46. The van der Waals surface area contributed by atoms with Gasteiger partial charge in [0.15, 0.2) is 5.84 Å². The van der Waals surface area contributed by atoms with Gasteiger partial charge in [0.25, 0.3) is 0 Å². The molecule has 0 atom stereocenters. The Bertz CT molecular complexity index is 1220. The van der Waals surface area contributed by atoms with Crippen LogP contribution in [0.5, 0.6) is 0 Å². The lowest BCUT2D eigenvalue weighted by Gasteiger charge is -2.08. The van der Waals surface area contributed by atoms with Crippen molar-refractivity contribution in [1.29, 1.82) is 0 Å². The molecule has 3 rings (SSSR count). The number of amidine groups is 1. The number of aryl methyl sites for hydroxylation is 4. The second-order valence-corrected chi connectivity index (χ2v) is 9.70. The number of nitrogens with zero attached hydrogens (tertiary/aromatic N) is 3. The quantitative estimate of drug-likeness (QED) is 0.109. The molecule has 1 aromatic heterocycles. The predicted molar refractivity (Wildman–Crippen MR) is 176 cm³/mol. The van der Waals surface area contributed by atoms with Crippen molar-refractivity contribution < 1.29 is 19.1 Å². The number of nitrogens with one attached hydrogen (secondary N) is 1. The van der Waals surface area contributed by atoms with Crippen LogP contribution in [0.15, 0.2) is 72.3 Å². The van der Waals surface area contributed by atoms with E-state index in [0.29, 0.717) is 18.8 Å². The zero-order chi connectivity index (χ0) is 32.6. The summed E-state index contributed by atoms with van der Waals surface area (Å²) in [5.74, 6) is 0.496. The standard InChI is InChI=1S/C21H29N5O3.C9H12.C3H8.CH2O/c1-15-7-9-18(10-8-15)13-23-21(27)29-12-6-5-11-26-14-24-19(16(26)2)20(22)25-17(3)28-4;1-3-9-6-4-8(2)5-7-9;1-3-2;1-2/h7-10,14H,3,5-6,11-13H2,1-2,4H3,(H2,22,25)(H,23,27);4-7H,3H2,1-2H3;3H2,1-2H3;1H2. The number of hydrogen-bond acceptors (Lipinski definition) is 6. The van der Waals surface area contributed by atoms with Gasteiger partial charge in [-0.25, -0.2) is 9.78 Å². The van der Waals surface area contributed by atoms with Crippen molar-refractivity contribution in [3.05, 3.63) is 101 Å². The number of alkyl carbamates (subject to hydrolysis) is 1. The van der Waals surface area contributed by atoms with Gasteiger partial charge >= 0.3 is 6.09 Å². The van der Waals surface area contributed by atoms with Gasteiger partial charge in [0, 0.05) is 18.8 Å². The van der Waals surface area contributed by atoms with E-state index in [4.69, 9.17) is 20.0 Å². The molecule has 0 spiro atoms. The van der Waals surface area contributed by atoms with Crippen molar-refractivity contribution in [3.8, 4) is 0 Å². The molecule has 9 nitrogen and oxygen atoms in total. The summed E-state index contributed by atoms with van der Waals surface area (Å²) in [6, 6.07) is 16.7. The van der Waals surface area contributed by atoms with Crippen LogP contribution in [0.25, 0.3) is 0 Å². The summed E-state index contributed by atoms with van der Waals surface area (Å²) in [6.07, 6.45) is 5.28. The molecule has 2 aromatic carbocycles. The smallest absolute Gasteiger partial charge is 0.407 e. The number of rotatable bonds is 11. The highest BCUT2D eigenvalue weighted by molar-refractivity contribution is 5.97. The maximum absolute atomic E-state index is 11.8. The van der Waals surface area contributed by atoms with E-state index in [0.717, 1.165) is 37.1 Å². The molecule has 0 aliphatic carbocycles. The topological polar surface area (TPSA) is 121 Å². The first kappa shape index (κ1) is 38.6. The largest absolute Gasteiger partial charge is 0.481 e. The third-order valence-electron chi connectivity index (χ3n) is 5.94. The van der Waals surface area contributed by atoms with E-state index in [1.165, 1.54) is 30.2 Å². The van der Waals surface area contributed by atoms with Crippen molar-refractivity contribution in [2.45, 2.75) is 80.3 Å². The molecule has 3 N–H and O–H groups in total. The lowest BCUT2D eigenvalue weighted by atomic mass is 10.1. The molecular formula is C34H51N5O4. The van der Waals surface area contributed by atoms with Gasteiger partial charge in [0.1, 0.15) is 12.5 Å². The van der Waals surface area contributed by atoms with Crippen LogP contribution in [0, 0.1) is 20.8 Å². The zero-order valence-electron chi connectivity index (χ0n) is 27.1. The number of hydrogen-bond donors (Lipinski definition) is 2. The Labute approximate surface area is 258 Å². The number of unbranched alkanes of at least 4 members (excludes halogenated alkanes) is 1. The van der Waals surface area contributed by atoms with E-state index in [1.807, 2.05) is 49.5 Å². The first-order valence-electron chi connectivity index (χ1n) is 14.5. The number of imidazole rings is 1. The van der Waals surface area contributed by atoms with Crippen LogP contribution in [0.1, 0.15) is 73.7 Å². The van der Waals surface area contributed by atoms with Crippen molar-refractivity contribution in [2.75, 3.05) is 13.7 Å². The highest BCUT2D eigenvalue weighted by Gasteiger charge is 2.11. The minimum absolute atomic E-state index is 0.231. The van der Waals surface area contributed by atoms with E-state index < -0.39 is 6.09 Å². The molecule has 0 radical (unpaired) electrons. The Morgan fingerprint density at radius 2 is 1.49 bits per heavy atom. The Hall–Kier alpha value is -4.40. The molecule has 1 heterocycles. The molecule has 236 valence electrons. The van der Waals surface area contributed by atoms with Crippen LogP contribution >= 0.6 is 0 Å². The Kier molecular flexibility index (Phi) is 20.8. The van der Waals surface area contributed by atoms with Crippen LogP contribution in [-0.4, -0.2) is 42.0 Å². The number of benzene rings is 2.